The zero-order valence-electron chi connectivity index (χ0n) is 11.5. The van der Waals surface area contributed by atoms with Crippen LogP contribution in [0.3, 0.4) is 0 Å². The summed E-state index contributed by atoms with van der Waals surface area (Å²) >= 11 is 0. The third-order valence-electron chi connectivity index (χ3n) is 2.88. The van der Waals surface area contributed by atoms with Gasteiger partial charge in [0.2, 0.25) is 0 Å². The van der Waals surface area contributed by atoms with E-state index in [9.17, 15) is 26.3 Å². The smallest absolute Gasteiger partial charge is 0.339 e. The maximum absolute atomic E-state index is 12.3. The third-order valence-corrected chi connectivity index (χ3v) is 2.88. The van der Waals surface area contributed by atoms with Crippen molar-refractivity contribution in [2.45, 2.75) is 25.2 Å². The van der Waals surface area contributed by atoms with E-state index in [1.807, 2.05) is 0 Å². The molecule has 2 rings (SSSR count). The van der Waals surface area contributed by atoms with Crippen molar-refractivity contribution in [3.63, 3.8) is 0 Å². The molecule has 0 radical (unpaired) electrons. The summed E-state index contributed by atoms with van der Waals surface area (Å²) < 4.78 is 73.4. The van der Waals surface area contributed by atoms with Crippen LogP contribution in [0.15, 0.2) is 36.4 Å². The number of nitrogens with one attached hydrogen (secondary N) is 1. The first-order chi connectivity index (χ1) is 10.6. The topological polar surface area (TPSA) is 37.8 Å². The summed E-state index contributed by atoms with van der Waals surface area (Å²) in [5, 5.41) is 9.18. The quantitative estimate of drug-likeness (QED) is 0.821. The van der Waals surface area contributed by atoms with Crippen LogP contribution in [0.4, 0.5) is 37.8 Å². The Bertz CT molecular complexity index is 632. The van der Waals surface area contributed by atoms with E-state index < -0.39 is 24.5 Å². The number of alkyl halides is 6. The number of hydrogen-bond donors (Lipinski definition) is 1. The van der Waals surface area contributed by atoms with Gasteiger partial charge < -0.3 is 5.32 Å². The van der Waals surface area contributed by atoms with Crippen molar-refractivity contribution in [2.75, 3.05) is 5.32 Å². The van der Waals surface area contributed by atoms with Crippen molar-refractivity contribution >= 4 is 11.5 Å². The molecule has 0 aliphatic heterocycles. The Balaban J connectivity index is 1.98. The van der Waals surface area contributed by atoms with Gasteiger partial charge in [0.1, 0.15) is 0 Å². The van der Waals surface area contributed by atoms with Gasteiger partial charge in [-0.25, -0.2) is 0 Å². The van der Waals surface area contributed by atoms with E-state index >= 15 is 0 Å². The molecule has 2 aromatic rings. The van der Waals surface area contributed by atoms with Crippen LogP contribution in [-0.4, -0.2) is 16.4 Å². The molecular formula is C14H11F6N3. The standard InChI is InChI=1S/C14H11F6N3/c15-13(16,17)8-7-9-1-3-10(4-2-9)21-12-6-5-11(22-23-12)14(18,19)20/h1-6H,7-8H2,(H,21,23). The SMILES string of the molecule is FC(F)(F)CCc1ccc(Nc2ccc(C(F)(F)F)nn2)cc1. The molecule has 1 aromatic carbocycles. The predicted octanol–water partition coefficient (Wildman–Crippen LogP) is 4.73. The van der Waals surface area contributed by atoms with E-state index in [0.29, 0.717) is 11.3 Å². The summed E-state index contributed by atoms with van der Waals surface area (Å²) in [5.74, 6) is 0.0982. The van der Waals surface area contributed by atoms with Gasteiger partial charge in [-0.15, -0.1) is 10.2 Å². The largest absolute Gasteiger partial charge is 0.435 e. The Hall–Kier alpha value is -2.32. The zero-order valence-corrected chi connectivity index (χ0v) is 11.5. The molecule has 1 heterocycles. The Morgan fingerprint density at radius 3 is 1.96 bits per heavy atom. The molecule has 0 bridgehead atoms. The van der Waals surface area contributed by atoms with Crippen molar-refractivity contribution in [3.8, 4) is 0 Å². The first-order valence-electron chi connectivity index (χ1n) is 6.47. The molecule has 0 saturated carbocycles. The molecule has 3 nitrogen and oxygen atoms in total. The molecular weight excluding hydrogens is 324 g/mol. The van der Waals surface area contributed by atoms with E-state index in [-0.39, 0.29) is 12.2 Å². The minimum Gasteiger partial charge on any atom is -0.339 e. The maximum Gasteiger partial charge on any atom is 0.435 e. The molecule has 1 N–H and O–H groups in total. The summed E-state index contributed by atoms with van der Waals surface area (Å²) in [6, 6.07) is 7.95. The number of aromatic nitrogens is 2. The number of nitrogens with zero attached hydrogens (tertiary/aromatic N) is 2. The second kappa shape index (κ2) is 6.43. The van der Waals surface area contributed by atoms with E-state index in [1.54, 1.807) is 0 Å². The van der Waals surface area contributed by atoms with Gasteiger partial charge in [0.25, 0.3) is 0 Å². The minimum absolute atomic E-state index is 0.0982. The summed E-state index contributed by atoms with van der Waals surface area (Å²) in [4.78, 5) is 0. The van der Waals surface area contributed by atoms with Crippen LogP contribution in [0.2, 0.25) is 0 Å². The van der Waals surface area contributed by atoms with Crippen molar-refractivity contribution < 1.29 is 26.3 Å². The van der Waals surface area contributed by atoms with Gasteiger partial charge in [0.15, 0.2) is 11.5 Å². The first kappa shape index (κ1) is 17.0. The predicted molar refractivity (Wildman–Crippen MR) is 71.1 cm³/mol. The average molecular weight is 335 g/mol. The number of rotatable bonds is 4. The zero-order chi connectivity index (χ0) is 17.1. The fourth-order valence-electron chi connectivity index (χ4n) is 1.74. The second-order valence-corrected chi connectivity index (χ2v) is 4.74. The lowest BCUT2D eigenvalue weighted by atomic mass is 10.1. The molecule has 0 fully saturated rings. The Labute approximate surface area is 127 Å². The molecule has 0 spiro atoms. The fraction of sp³-hybridized carbons (Fsp3) is 0.286. The Kier molecular flexibility index (Phi) is 4.76. The van der Waals surface area contributed by atoms with Crippen molar-refractivity contribution in [2.24, 2.45) is 0 Å². The molecule has 0 atom stereocenters. The Morgan fingerprint density at radius 2 is 1.48 bits per heavy atom. The van der Waals surface area contributed by atoms with E-state index in [1.165, 1.54) is 24.3 Å². The molecule has 9 heteroatoms. The molecule has 0 saturated heterocycles. The highest BCUT2D eigenvalue weighted by atomic mass is 19.4. The van der Waals surface area contributed by atoms with Crippen LogP contribution >= 0.6 is 0 Å². The van der Waals surface area contributed by atoms with Crippen molar-refractivity contribution in [3.05, 3.63) is 47.7 Å². The number of anilines is 2. The van der Waals surface area contributed by atoms with Crippen molar-refractivity contribution in [1.29, 1.82) is 0 Å². The molecule has 0 aliphatic rings. The monoisotopic (exact) mass is 335 g/mol. The third kappa shape index (κ3) is 5.42. The van der Waals surface area contributed by atoms with Crippen LogP contribution in [0.5, 0.6) is 0 Å². The second-order valence-electron chi connectivity index (χ2n) is 4.74. The van der Waals surface area contributed by atoms with Crippen LogP contribution in [0.1, 0.15) is 17.7 Å². The summed E-state index contributed by atoms with van der Waals surface area (Å²) in [7, 11) is 0. The minimum atomic E-state index is -4.56. The molecule has 1 aromatic heterocycles. The van der Waals surface area contributed by atoms with Crippen LogP contribution in [-0.2, 0) is 12.6 Å². The highest BCUT2D eigenvalue weighted by Gasteiger charge is 2.32. The van der Waals surface area contributed by atoms with Gasteiger partial charge in [-0.1, -0.05) is 12.1 Å². The highest BCUT2D eigenvalue weighted by molar-refractivity contribution is 5.55. The van der Waals surface area contributed by atoms with E-state index in [4.69, 9.17) is 0 Å². The summed E-state index contributed by atoms with van der Waals surface area (Å²) in [6.45, 7) is 0. The van der Waals surface area contributed by atoms with E-state index in [0.717, 1.165) is 12.1 Å². The van der Waals surface area contributed by atoms with Gasteiger partial charge in [-0.3, -0.25) is 0 Å². The van der Waals surface area contributed by atoms with Gasteiger partial charge in [-0.2, -0.15) is 26.3 Å². The van der Waals surface area contributed by atoms with Gasteiger partial charge in [-0.05, 0) is 36.2 Å². The van der Waals surface area contributed by atoms with Gasteiger partial charge in [0, 0.05) is 12.1 Å². The number of hydrogen-bond acceptors (Lipinski definition) is 3. The molecule has 0 unspecified atom stereocenters. The number of halogens is 6. The number of benzene rings is 1. The summed E-state index contributed by atoms with van der Waals surface area (Å²) in [6.07, 6.45) is -9.83. The lowest BCUT2D eigenvalue weighted by Crippen LogP contribution is -2.09. The number of aryl methyl sites for hydroxylation is 1. The molecule has 124 valence electrons. The van der Waals surface area contributed by atoms with Crippen LogP contribution in [0, 0.1) is 0 Å². The fourth-order valence-corrected chi connectivity index (χ4v) is 1.74. The Morgan fingerprint density at radius 1 is 0.826 bits per heavy atom. The van der Waals surface area contributed by atoms with Crippen LogP contribution < -0.4 is 5.32 Å². The molecule has 0 amide bonds. The average Bonchev–Trinajstić information content (AvgIpc) is 2.45. The normalized spacial score (nSPS) is 12.3. The van der Waals surface area contributed by atoms with Crippen molar-refractivity contribution in [1.82, 2.24) is 10.2 Å². The van der Waals surface area contributed by atoms with Gasteiger partial charge >= 0.3 is 12.4 Å². The first-order valence-corrected chi connectivity index (χ1v) is 6.47. The van der Waals surface area contributed by atoms with Gasteiger partial charge in [0.05, 0.1) is 0 Å². The molecule has 23 heavy (non-hydrogen) atoms. The lowest BCUT2D eigenvalue weighted by Gasteiger charge is -2.09. The van der Waals surface area contributed by atoms with E-state index in [2.05, 4.69) is 15.5 Å². The lowest BCUT2D eigenvalue weighted by molar-refractivity contribution is -0.141. The summed E-state index contributed by atoms with van der Waals surface area (Å²) in [5.41, 5.74) is -0.119. The highest BCUT2D eigenvalue weighted by Crippen LogP contribution is 2.27. The maximum atomic E-state index is 12.3. The molecule has 0 aliphatic carbocycles. The van der Waals surface area contributed by atoms with Crippen LogP contribution in [0.25, 0.3) is 0 Å².